The summed E-state index contributed by atoms with van der Waals surface area (Å²) in [6, 6.07) is 0. The van der Waals surface area contributed by atoms with Crippen LogP contribution < -0.4 is 0 Å². The highest BCUT2D eigenvalue weighted by molar-refractivity contribution is 5.88. The van der Waals surface area contributed by atoms with Crippen LogP contribution in [0.4, 0.5) is 0 Å². The molecule has 0 amide bonds. The number of esters is 1. The molecule has 1 heterocycles. The summed E-state index contributed by atoms with van der Waals surface area (Å²) in [6.45, 7) is 52.2. The molecule has 45 heavy (non-hydrogen) atoms. The minimum atomic E-state index is -0.395. The van der Waals surface area contributed by atoms with Gasteiger partial charge >= 0.3 is 5.97 Å². The highest BCUT2D eigenvalue weighted by atomic mass is 16.6. The summed E-state index contributed by atoms with van der Waals surface area (Å²) in [7, 11) is 0. The summed E-state index contributed by atoms with van der Waals surface area (Å²) >= 11 is 0. The summed E-state index contributed by atoms with van der Waals surface area (Å²) < 4.78 is 21.2. The highest BCUT2D eigenvalue weighted by Crippen LogP contribution is 2.30. The summed E-state index contributed by atoms with van der Waals surface area (Å²) in [5, 5.41) is 0. The van der Waals surface area contributed by atoms with E-state index in [0.29, 0.717) is 22.5 Å². The average molecular weight is 639 g/mol. The minimum Gasteiger partial charge on any atom is -0.496 e. The molecule has 1 aliphatic rings. The largest absolute Gasteiger partial charge is 0.496 e. The van der Waals surface area contributed by atoms with Crippen LogP contribution in [0.1, 0.15) is 159 Å². The van der Waals surface area contributed by atoms with E-state index in [0.717, 1.165) is 18.8 Å². The van der Waals surface area contributed by atoms with Crippen LogP contribution >= 0.6 is 0 Å². The molecule has 1 rings (SSSR count). The molecule has 1 unspecified atom stereocenters. The maximum absolute atomic E-state index is 11.3. The van der Waals surface area contributed by atoms with Gasteiger partial charge in [-0.2, -0.15) is 0 Å². The Morgan fingerprint density at radius 1 is 0.711 bits per heavy atom. The number of carbonyl (C=O) groups excluding carboxylic acids is 1. The number of carbonyl (C=O) groups is 1. The number of rotatable bonds is 4. The van der Waals surface area contributed by atoms with Crippen LogP contribution in [0, 0.1) is 10.8 Å². The predicted octanol–water partition coefficient (Wildman–Crippen LogP) is 12.2. The average Bonchev–Trinajstić information content (AvgIpc) is 3.66. The van der Waals surface area contributed by atoms with Crippen molar-refractivity contribution in [1.29, 1.82) is 0 Å². The normalized spacial score (nSPS) is 14.1. The molecule has 0 aromatic heterocycles. The molecule has 0 aromatic carbocycles. The molecule has 0 radical (unpaired) electrons. The van der Waals surface area contributed by atoms with Crippen molar-refractivity contribution in [3.05, 3.63) is 46.8 Å². The second-order valence-corrected chi connectivity index (χ2v) is 17.5. The molecule has 0 saturated carbocycles. The minimum absolute atomic E-state index is 0.0172. The van der Waals surface area contributed by atoms with Crippen molar-refractivity contribution >= 4 is 5.97 Å². The van der Waals surface area contributed by atoms with E-state index < -0.39 is 5.60 Å². The molecular formula is C40H78O5. The molecule has 268 valence electrons. The van der Waals surface area contributed by atoms with Gasteiger partial charge in [0.1, 0.15) is 5.60 Å². The molecule has 0 bridgehead atoms. The van der Waals surface area contributed by atoms with Crippen LogP contribution in [0.15, 0.2) is 46.8 Å². The van der Waals surface area contributed by atoms with E-state index in [1.807, 2.05) is 75.3 Å². The maximum Gasteiger partial charge on any atom is 0.334 e. The highest BCUT2D eigenvalue weighted by Gasteiger charge is 2.35. The zero-order chi connectivity index (χ0) is 37.2. The van der Waals surface area contributed by atoms with Gasteiger partial charge in [0.25, 0.3) is 0 Å². The summed E-state index contributed by atoms with van der Waals surface area (Å²) in [5.41, 5.74) is 5.83. The lowest BCUT2D eigenvalue weighted by Crippen LogP contribution is -2.24. The molecule has 0 N–H and O–H groups in total. The van der Waals surface area contributed by atoms with E-state index in [-0.39, 0.29) is 17.2 Å². The van der Waals surface area contributed by atoms with E-state index >= 15 is 0 Å². The Kier molecular flexibility index (Phi) is 24.3. The Bertz CT molecular complexity index is 912. The molecule has 5 heteroatoms. The molecule has 1 aliphatic heterocycles. The summed E-state index contributed by atoms with van der Waals surface area (Å²) in [6.07, 6.45) is 4.28. The smallest absolute Gasteiger partial charge is 0.334 e. The number of epoxide rings is 1. The Hall–Kier alpha value is -1.85. The van der Waals surface area contributed by atoms with Crippen molar-refractivity contribution in [2.24, 2.45) is 10.8 Å². The van der Waals surface area contributed by atoms with Gasteiger partial charge < -0.3 is 18.9 Å². The molecule has 5 nitrogen and oxygen atoms in total. The predicted molar refractivity (Wildman–Crippen MR) is 199 cm³/mol. The van der Waals surface area contributed by atoms with E-state index in [2.05, 4.69) is 89.7 Å². The van der Waals surface area contributed by atoms with Crippen LogP contribution in [-0.4, -0.2) is 42.1 Å². The standard InChI is InChI=1S/C10H18O2.C10H20O.C8H16O.C6H12O.C6H12/c1-7(2)8(3)9(11)12-10(4,5)6;1-8(2)9(3)7-11-10(4,5)6;1-7(2)6-9-8(3,4)5;1-6(2,3)5-4-7-5;1-5-6(2,3)4/h1-6H3;7H2,1-6H3;6H,1-5H3;5H,4H2,1-3H3;5H,1H2,2-4H3. The number of hydrogen-bond donors (Lipinski definition) is 0. The Labute approximate surface area is 282 Å². The monoisotopic (exact) mass is 639 g/mol. The van der Waals surface area contributed by atoms with Gasteiger partial charge in [-0.15, -0.1) is 6.58 Å². The van der Waals surface area contributed by atoms with Crippen molar-refractivity contribution in [1.82, 2.24) is 0 Å². The lowest BCUT2D eigenvalue weighted by atomic mass is 9.93. The van der Waals surface area contributed by atoms with Crippen LogP contribution in [-0.2, 0) is 23.7 Å². The van der Waals surface area contributed by atoms with Gasteiger partial charge in [-0.3, -0.25) is 0 Å². The molecule has 0 aliphatic carbocycles. The van der Waals surface area contributed by atoms with Gasteiger partial charge in [0.15, 0.2) is 0 Å². The molecular weight excluding hydrogens is 560 g/mol. The zero-order valence-electron chi connectivity index (χ0n) is 34.4. The molecule has 1 atom stereocenters. The topological polar surface area (TPSA) is 57.3 Å². The van der Waals surface area contributed by atoms with Gasteiger partial charge in [0.2, 0.25) is 0 Å². The number of hydrogen-bond acceptors (Lipinski definition) is 5. The fraction of sp³-hybridized carbons (Fsp3) is 0.775. The second-order valence-electron chi connectivity index (χ2n) is 17.5. The van der Waals surface area contributed by atoms with Gasteiger partial charge in [-0.05, 0) is 140 Å². The molecule has 1 saturated heterocycles. The fourth-order valence-corrected chi connectivity index (χ4v) is 1.87. The first kappa shape index (κ1) is 50.0. The van der Waals surface area contributed by atoms with Crippen molar-refractivity contribution < 1.29 is 23.7 Å². The molecule has 0 spiro atoms. The van der Waals surface area contributed by atoms with E-state index in [1.165, 1.54) is 16.7 Å². The molecule has 1 fully saturated rings. The zero-order valence-corrected chi connectivity index (χ0v) is 34.4. The first-order valence-electron chi connectivity index (χ1n) is 16.4. The lowest BCUT2D eigenvalue weighted by Gasteiger charge is -2.20. The Morgan fingerprint density at radius 3 is 1.27 bits per heavy atom. The maximum atomic E-state index is 11.3. The van der Waals surface area contributed by atoms with Crippen LogP contribution in [0.2, 0.25) is 0 Å². The summed E-state index contributed by atoms with van der Waals surface area (Å²) in [5.74, 6) is -0.220. The lowest BCUT2D eigenvalue weighted by molar-refractivity contribution is -0.149. The Morgan fingerprint density at radius 2 is 1.11 bits per heavy atom. The number of allylic oxidation sites excluding steroid dienone is 4. The van der Waals surface area contributed by atoms with Gasteiger partial charge in [-0.1, -0.05) is 58.8 Å². The third-order valence-electron chi connectivity index (χ3n) is 5.59. The van der Waals surface area contributed by atoms with Crippen molar-refractivity contribution in [3.8, 4) is 0 Å². The van der Waals surface area contributed by atoms with Gasteiger partial charge in [0.05, 0.1) is 36.8 Å². The quantitative estimate of drug-likeness (QED) is 0.101. The van der Waals surface area contributed by atoms with E-state index in [9.17, 15) is 4.79 Å². The van der Waals surface area contributed by atoms with Gasteiger partial charge in [-0.25, -0.2) is 4.79 Å². The second kappa shape index (κ2) is 21.9. The third-order valence-corrected chi connectivity index (χ3v) is 5.59. The fourth-order valence-electron chi connectivity index (χ4n) is 1.87. The van der Waals surface area contributed by atoms with Crippen LogP contribution in [0.25, 0.3) is 0 Å². The third kappa shape index (κ3) is 44.3. The van der Waals surface area contributed by atoms with Crippen LogP contribution in [0.3, 0.4) is 0 Å². The van der Waals surface area contributed by atoms with Crippen molar-refractivity contribution in [2.45, 2.75) is 182 Å². The van der Waals surface area contributed by atoms with Gasteiger partial charge in [0, 0.05) is 5.57 Å². The first-order valence-corrected chi connectivity index (χ1v) is 16.4. The Balaban J connectivity index is -0.000000238. The molecule has 0 aromatic rings. The van der Waals surface area contributed by atoms with E-state index in [1.54, 1.807) is 13.2 Å². The van der Waals surface area contributed by atoms with E-state index in [4.69, 9.17) is 18.9 Å². The summed E-state index contributed by atoms with van der Waals surface area (Å²) in [4.78, 5) is 11.3. The number of ether oxygens (including phenoxy) is 4. The SMILES string of the molecule is C=CC(C)(C)C.CC(C)(C)C1CO1.CC(C)=C(C)C(=O)OC(C)(C)C.CC(C)=C(C)COC(C)(C)C.CC(C)=COC(C)(C)C. The van der Waals surface area contributed by atoms with Crippen molar-refractivity contribution in [2.75, 3.05) is 13.2 Å². The first-order chi connectivity index (χ1) is 19.6. The van der Waals surface area contributed by atoms with Crippen molar-refractivity contribution in [3.63, 3.8) is 0 Å². The van der Waals surface area contributed by atoms with Crippen LogP contribution in [0.5, 0.6) is 0 Å².